The maximum Gasteiger partial charge on any atom is 0.241 e. The highest BCUT2D eigenvalue weighted by molar-refractivity contribution is 7.23. The summed E-state index contributed by atoms with van der Waals surface area (Å²) in [6.45, 7) is 2.02. The number of carbonyl (C=O) groups is 1. The number of amides is 1. The van der Waals surface area contributed by atoms with Gasteiger partial charge in [0.05, 0.1) is 21.6 Å². The van der Waals surface area contributed by atoms with Crippen LogP contribution in [-0.4, -0.2) is 15.3 Å². The minimum Gasteiger partial charge on any atom is -0.368 e. The lowest BCUT2D eigenvalue weighted by Gasteiger charge is -2.09. The predicted octanol–water partition coefficient (Wildman–Crippen LogP) is 4.29. The van der Waals surface area contributed by atoms with E-state index < -0.39 is 11.3 Å². The molecule has 0 fully saturated rings. The van der Waals surface area contributed by atoms with Crippen LogP contribution in [0.4, 0.5) is 0 Å². The maximum atomic E-state index is 11.8. The number of hydrogen-bond acceptors (Lipinski definition) is 3. The first-order valence-electron chi connectivity index (χ1n) is 7.46. The fourth-order valence-electron chi connectivity index (χ4n) is 2.91. The van der Waals surface area contributed by atoms with Gasteiger partial charge < -0.3 is 5.73 Å². The topological polar surface area (TPSA) is 60.4 Å². The van der Waals surface area contributed by atoms with Gasteiger partial charge in [0.25, 0.3) is 0 Å². The number of para-hydroxylation sites is 1. The Morgan fingerprint density at radius 1 is 1.25 bits per heavy atom. The number of rotatable bonds is 3. The van der Waals surface area contributed by atoms with Crippen molar-refractivity contribution in [1.82, 2.24) is 9.38 Å². The molecule has 2 heterocycles. The van der Waals surface area contributed by atoms with E-state index in [1.165, 1.54) is 0 Å². The third-order valence-electron chi connectivity index (χ3n) is 3.97. The van der Waals surface area contributed by atoms with Gasteiger partial charge in [0, 0.05) is 5.56 Å². The third kappa shape index (κ3) is 2.28. The largest absolute Gasteiger partial charge is 0.368 e. The average Bonchev–Trinajstić information content (AvgIpc) is 3.09. The predicted molar refractivity (Wildman–Crippen MR) is 98.5 cm³/mol. The number of benzene rings is 2. The minimum absolute atomic E-state index is 0.581. The number of hydrogen-bond donors (Lipinski definition) is 1. The van der Waals surface area contributed by atoms with Crippen LogP contribution in [0.1, 0.15) is 16.6 Å². The molecule has 0 spiro atoms. The van der Waals surface area contributed by atoms with Gasteiger partial charge in [-0.1, -0.05) is 47.2 Å². The van der Waals surface area contributed by atoms with Gasteiger partial charge in [0.2, 0.25) is 5.91 Å². The SMILES string of the molecule is Cc1cccc(-c2nc3sc4ccccc4n3c2C(Cl)C(N)=O)c1. The number of halogens is 1. The monoisotopic (exact) mass is 355 g/mol. The van der Waals surface area contributed by atoms with Crippen LogP contribution in [0.2, 0.25) is 0 Å². The Balaban J connectivity index is 2.10. The molecule has 2 aromatic carbocycles. The summed E-state index contributed by atoms with van der Waals surface area (Å²) >= 11 is 7.95. The van der Waals surface area contributed by atoms with Gasteiger partial charge in [-0.2, -0.15) is 0 Å². The van der Waals surface area contributed by atoms with Crippen molar-refractivity contribution in [2.45, 2.75) is 12.3 Å². The normalized spacial score (nSPS) is 12.8. The molecule has 2 aromatic heterocycles. The summed E-state index contributed by atoms with van der Waals surface area (Å²) in [5.74, 6) is -0.581. The molecule has 0 saturated heterocycles. The summed E-state index contributed by atoms with van der Waals surface area (Å²) in [6.07, 6.45) is 0. The van der Waals surface area contributed by atoms with Crippen LogP contribution in [0, 0.1) is 6.92 Å². The number of alkyl halides is 1. The van der Waals surface area contributed by atoms with E-state index in [9.17, 15) is 4.79 Å². The van der Waals surface area contributed by atoms with Crippen molar-refractivity contribution in [3.63, 3.8) is 0 Å². The smallest absolute Gasteiger partial charge is 0.241 e. The second-order valence-electron chi connectivity index (χ2n) is 5.67. The number of imidazole rings is 1. The van der Waals surface area contributed by atoms with Crippen molar-refractivity contribution >= 4 is 44.0 Å². The van der Waals surface area contributed by atoms with Gasteiger partial charge in [-0.15, -0.1) is 11.6 Å². The van der Waals surface area contributed by atoms with Crippen LogP contribution in [0.5, 0.6) is 0 Å². The number of thiazole rings is 1. The second kappa shape index (κ2) is 5.61. The Bertz CT molecular complexity index is 1080. The van der Waals surface area contributed by atoms with Gasteiger partial charge in [-0.05, 0) is 25.1 Å². The van der Waals surface area contributed by atoms with E-state index in [-0.39, 0.29) is 0 Å². The molecule has 1 unspecified atom stereocenters. The lowest BCUT2D eigenvalue weighted by atomic mass is 10.1. The Morgan fingerprint density at radius 2 is 2.04 bits per heavy atom. The van der Waals surface area contributed by atoms with Gasteiger partial charge >= 0.3 is 0 Å². The highest BCUT2D eigenvalue weighted by Crippen LogP contribution is 2.37. The van der Waals surface area contributed by atoms with E-state index in [0.29, 0.717) is 11.4 Å². The lowest BCUT2D eigenvalue weighted by Crippen LogP contribution is -2.18. The number of fused-ring (bicyclic) bond motifs is 3. The molecule has 0 aliphatic rings. The first kappa shape index (κ1) is 15.2. The van der Waals surface area contributed by atoms with Gasteiger partial charge in [0.1, 0.15) is 0 Å². The van der Waals surface area contributed by atoms with E-state index in [2.05, 4.69) is 0 Å². The summed E-state index contributed by atoms with van der Waals surface area (Å²) in [5.41, 5.74) is 9.85. The van der Waals surface area contributed by atoms with Gasteiger partial charge in [-0.25, -0.2) is 4.98 Å². The van der Waals surface area contributed by atoms with Crippen molar-refractivity contribution in [2.75, 3.05) is 0 Å². The molecule has 0 bridgehead atoms. The Kier molecular flexibility index (Phi) is 3.55. The molecular formula is C18H14ClN3OS. The van der Waals surface area contributed by atoms with E-state index in [1.54, 1.807) is 11.3 Å². The molecule has 2 N–H and O–H groups in total. The second-order valence-corrected chi connectivity index (χ2v) is 7.11. The summed E-state index contributed by atoms with van der Waals surface area (Å²) in [5, 5.41) is -0.950. The fourth-order valence-corrected chi connectivity index (χ4v) is 4.15. The molecule has 0 aliphatic carbocycles. The molecular weight excluding hydrogens is 342 g/mol. The summed E-state index contributed by atoms with van der Waals surface area (Å²) in [7, 11) is 0. The zero-order chi connectivity index (χ0) is 16.8. The molecule has 4 aromatic rings. The van der Waals surface area contributed by atoms with E-state index in [1.807, 2.05) is 59.9 Å². The molecule has 0 radical (unpaired) electrons. The average molecular weight is 356 g/mol. The van der Waals surface area contributed by atoms with Crippen LogP contribution < -0.4 is 5.73 Å². The molecule has 0 aliphatic heterocycles. The van der Waals surface area contributed by atoms with Crippen molar-refractivity contribution in [3.05, 3.63) is 59.8 Å². The maximum absolute atomic E-state index is 11.8. The Morgan fingerprint density at radius 3 is 2.79 bits per heavy atom. The standard InChI is InChI=1S/C18H14ClN3OS/c1-10-5-4-6-11(9-10)15-16(14(19)17(20)23)22-12-7-2-3-8-13(12)24-18(22)21-15/h2-9,14H,1H3,(H2,20,23). The van der Waals surface area contributed by atoms with Crippen LogP contribution >= 0.6 is 22.9 Å². The first-order valence-corrected chi connectivity index (χ1v) is 8.72. The summed E-state index contributed by atoms with van der Waals surface area (Å²) < 4.78 is 3.03. The van der Waals surface area contributed by atoms with Crippen LogP contribution in [0.15, 0.2) is 48.5 Å². The van der Waals surface area contributed by atoms with Crippen LogP contribution in [0.25, 0.3) is 26.4 Å². The number of nitrogens with zero attached hydrogens (tertiary/aromatic N) is 2. The molecule has 1 amide bonds. The number of aryl methyl sites for hydroxylation is 1. The van der Waals surface area contributed by atoms with E-state index in [4.69, 9.17) is 22.3 Å². The highest BCUT2D eigenvalue weighted by atomic mass is 35.5. The van der Waals surface area contributed by atoms with E-state index in [0.717, 1.165) is 26.3 Å². The Hall–Kier alpha value is -2.37. The molecule has 24 heavy (non-hydrogen) atoms. The number of carbonyl (C=O) groups excluding carboxylic acids is 1. The minimum atomic E-state index is -0.950. The van der Waals surface area contributed by atoms with Gasteiger partial charge in [0.15, 0.2) is 10.3 Å². The molecule has 120 valence electrons. The van der Waals surface area contributed by atoms with Crippen molar-refractivity contribution < 1.29 is 4.79 Å². The molecule has 4 nitrogen and oxygen atoms in total. The molecule has 0 saturated carbocycles. The molecule has 1 atom stereocenters. The summed E-state index contributed by atoms with van der Waals surface area (Å²) in [6, 6.07) is 15.9. The van der Waals surface area contributed by atoms with Crippen LogP contribution in [-0.2, 0) is 4.79 Å². The van der Waals surface area contributed by atoms with Gasteiger partial charge in [-0.3, -0.25) is 9.20 Å². The number of primary amides is 1. The van der Waals surface area contributed by atoms with E-state index >= 15 is 0 Å². The highest BCUT2D eigenvalue weighted by Gasteiger charge is 2.27. The quantitative estimate of drug-likeness (QED) is 0.557. The summed E-state index contributed by atoms with van der Waals surface area (Å²) in [4.78, 5) is 17.4. The van der Waals surface area contributed by atoms with Crippen molar-refractivity contribution in [1.29, 1.82) is 0 Å². The first-order chi connectivity index (χ1) is 11.6. The number of aromatic nitrogens is 2. The fraction of sp³-hybridized carbons (Fsp3) is 0.111. The van der Waals surface area contributed by atoms with Crippen LogP contribution in [0.3, 0.4) is 0 Å². The molecule has 6 heteroatoms. The third-order valence-corrected chi connectivity index (χ3v) is 5.41. The van der Waals surface area contributed by atoms with Crippen molar-refractivity contribution in [2.24, 2.45) is 5.73 Å². The van der Waals surface area contributed by atoms with Crippen molar-refractivity contribution in [3.8, 4) is 11.3 Å². The zero-order valence-electron chi connectivity index (χ0n) is 12.9. The zero-order valence-corrected chi connectivity index (χ0v) is 14.4. The number of nitrogens with two attached hydrogens (primary N) is 1. The Labute approximate surface area is 147 Å². The lowest BCUT2D eigenvalue weighted by molar-refractivity contribution is -0.117. The molecule has 4 rings (SSSR count).